The molecule has 2 rings (SSSR count). The molecule has 0 saturated carbocycles. The van der Waals surface area contributed by atoms with Crippen LogP contribution in [0, 0.1) is 0 Å². The molecule has 1 atom stereocenters. The fraction of sp³-hybridized carbons (Fsp3) is 0.200. The van der Waals surface area contributed by atoms with Gasteiger partial charge < -0.3 is 27.6 Å². The van der Waals surface area contributed by atoms with Crippen LogP contribution in [0.1, 0.15) is 29.2 Å². The van der Waals surface area contributed by atoms with Gasteiger partial charge in [-0.2, -0.15) is 0 Å². The number of imidazole rings is 1. The molecule has 1 aromatic heterocycles. The Labute approximate surface area is 97.5 Å². The highest BCUT2D eigenvalue weighted by Crippen LogP contribution is 2.17. The van der Waals surface area contributed by atoms with E-state index in [-0.39, 0.29) is 18.0 Å². The molecule has 86 valence electrons. The summed E-state index contributed by atoms with van der Waals surface area (Å²) in [6.45, 7) is 1.59. The first kappa shape index (κ1) is 12.5. The second kappa shape index (κ2) is 4.51. The summed E-state index contributed by atoms with van der Waals surface area (Å²) < 4.78 is 0. The molecule has 0 aliphatic carbocycles. The number of aromatic amines is 1. The number of carbonyl (C=O) groups is 1. The molecule has 3 N–H and O–H groups in total. The quantitative estimate of drug-likeness (QED) is 0.586. The zero-order chi connectivity index (χ0) is 11.0. The van der Waals surface area contributed by atoms with Crippen LogP contribution in [-0.2, 0) is 0 Å². The summed E-state index contributed by atoms with van der Waals surface area (Å²) in [6, 6.07) is 4.59. The Morgan fingerprint density at radius 2 is 2.19 bits per heavy atom. The van der Waals surface area contributed by atoms with E-state index in [1.165, 1.54) is 12.1 Å². The Balaban J connectivity index is 0.00000128. The summed E-state index contributed by atoms with van der Waals surface area (Å²) in [5.41, 5.74) is 1.46. The van der Waals surface area contributed by atoms with Crippen LogP contribution >= 0.6 is 0 Å². The van der Waals surface area contributed by atoms with E-state index in [2.05, 4.69) is 9.97 Å². The Morgan fingerprint density at radius 3 is 2.75 bits per heavy atom. The average molecular weight is 242 g/mol. The van der Waals surface area contributed by atoms with Crippen molar-refractivity contribution >= 4 is 17.0 Å². The number of aliphatic hydroxyl groups excluding tert-OH is 1. The van der Waals surface area contributed by atoms with E-state index in [1.54, 1.807) is 13.0 Å². The van der Waals surface area contributed by atoms with Gasteiger partial charge in [0.15, 0.2) is 0 Å². The maximum atomic E-state index is 10.7. The lowest BCUT2D eigenvalue weighted by Crippen LogP contribution is -3.00. The molecule has 2 aromatic rings. The average Bonchev–Trinajstić information content (AvgIpc) is 2.59. The van der Waals surface area contributed by atoms with E-state index < -0.39 is 12.1 Å². The first-order chi connectivity index (χ1) is 7.08. The topological polar surface area (TPSA) is 86.2 Å². The maximum absolute atomic E-state index is 10.7. The van der Waals surface area contributed by atoms with Crippen molar-refractivity contribution in [2.24, 2.45) is 0 Å². The van der Waals surface area contributed by atoms with E-state index in [0.29, 0.717) is 16.9 Å². The number of benzene rings is 1. The highest BCUT2D eigenvalue weighted by Gasteiger charge is 2.09. The standard InChI is InChI=1S/C10H10N2O3.ClH/c1-5(13)9-11-7-3-2-6(10(14)15)4-8(7)12-9;/h2-5,13H,1H3,(H,11,12)(H,14,15);1H/p-1. The summed E-state index contributed by atoms with van der Waals surface area (Å²) in [5, 5.41) is 18.1. The van der Waals surface area contributed by atoms with Gasteiger partial charge in [-0.3, -0.25) is 0 Å². The first-order valence-electron chi connectivity index (χ1n) is 4.49. The Hall–Kier alpha value is -1.59. The van der Waals surface area contributed by atoms with Crippen LogP contribution < -0.4 is 12.4 Å². The summed E-state index contributed by atoms with van der Waals surface area (Å²) in [6.07, 6.45) is -0.689. The molecule has 1 unspecified atom stereocenters. The van der Waals surface area contributed by atoms with Gasteiger partial charge in [0, 0.05) is 0 Å². The van der Waals surface area contributed by atoms with Crippen molar-refractivity contribution in [1.29, 1.82) is 0 Å². The van der Waals surface area contributed by atoms with Crippen molar-refractivity contribution in [2.75, 3.05) is 0 Å². The molecule has 0 spiro atoms. The number of nitrogens with zero attached hydrogens (tertiary/aromatic N) is 1. The summed E-state index contributed by atoms with van der Waals surface area (Å²) >= 11 is 0. The zero-order valence-electron chi connectivity index (χ0n) is 8.44. The Morgan fingerprint density at radius 1 is 1.50 bits per heavy atom. The van der Waals surface area contributed by atoms with Gasteiger partial charge in [0.2, 0.25) is 0 Å². The van der Waals surface area contributed by atoms with Gasteiger partial charge >= 0.3 is 5.97 Å². The van der Waals surface area contributed by atoms with Gasteiger partial charge in [-0.15, -0.1) is 0 Å². The van der Waals surface area contributed by atoms with Crippen LogP contribution in [0.2, 0.25) is 0 Å². The van der Waals surface area contributed by atoms with Crippen LogP contribution in [0.5, 0.6) is 0 Å². The Bertz CT molecular complexity index is 522. The van der Waals surface area contributed by atoms with Crippen LogP contribution in [0.25, 0.3) is 11.0 Å². The SMILES string of the molecule is CC(O)c1nc2ccc(C(=O)O)cc2[nH]1.[Cl-]. The maximum Gasteiger partial charge on any atom is 0.335 e. The molecule has 0 aliphatic rings. The zero-order valence-corrected chi connectivity index (χ0v) is 9.19. The van der Waals surface area contributed by atoms with Crippen molar-refractivity contribution < 1.29 is 27.4 Å². The third-order valence-corrected chi connectivity index (χ3v) is 2.14. The first-order valence-corrected chi connectivity index (χ1v) is 4.49. The lowest BCUT2D eigenvalue weighted by Gasteiger charge is -1.95. The van der Waals surface area contributed by atoms with E-state index in [9.17, 15) is 9.90 Å². The number of halogens is 1. The molecular formula is C10H10ClN2O3-. The monoisotopic (exact) mass is 241 g/mol. The van der Waals surface area contributed by atoms with E-state index >= 15 is 0 Å². The summed E-state index contributed by atoms with van der Waals surface area (Å²) in [4.78, 5) is 17.7. The molecule has 5 nitrogen and oxygen atoms in total. The van der Waals surface area contributed by atoms with Crippen LogP contribution in [-0.4, -0.2) is 26.2 Å². The minimum atomic E-state index is -0.981. The largest absolute Gasteiger partial charge is 1.00 e. The van der Waals surface area contributed by atoms with Crippen LogP contribution in [0.15, 0.2) is 18.2 Å². The number of rotatable bonds is 2. The van der Waals surface area contributed by atoms with Crippen molar-refractivity contribution in [3.8, 4) is 0 Å². The molecule has 0 saturated heterocycles. The molecule has 0 fully saturated rings. The fourth-order valence-corrected chi connectivity index (χ4v) is 1.36. The van der Waals surface area contributed by atoms with Crippen LogP contribution in [0.3, 0.4) is 0 Å². The lowest BCUT2D eigenvalue weighted by atomic mass is 10.2. The van der Waals surface area contributed by atoms with Crippen molar-refractivity contribution in [2.45, 2.75) is 13.0 Å². The minimum Gasteiger partial charge on any atom is -1.00 e. The van der Waals surface area contributed by atoms with Crippen molar-refractivity contribution in [1.82, 2.24) is 9.97 Å². The van der Waals surface area contributed by atoms with Gasteiger partial charge in [0.05, 0.1) is 16.6 Å². The normalized spacial score (nSPS) is 12.1. The van der Waals surface area contributed by atoms with E-state index in [0.717, 1.165) is 0 Å². The van der Waals surface area contributed by atoms with Gasteiger partial charge in [0.25, 0.3) is 0 Å². The number of carboxylic acid groups (broad SMARTS) is 1. The molecule has 16 heavy (non-hydrogen) atoms. The summed E-state index contributed by atoms with van der Waals surface area (Å²) in [7, 11) is 0. The number of aliphatic hydroxyl groups is 1. The second-order valence-corrected chi connectivity index (χ2v) is 3.34. The number of hydrogen-bond acceptors (Lipinski definition) is 3. The molecule has 0 radical (unpaired) electrons. The number of nitrogens with one attached hydrogen (secondary N) is 1. The lowest BCUT2D eigenvalue weighted by molar-refractivity contribution is -0.0000204. The molecule has 1 aromatic carbocycles. The highest BCUT2D eigenvalue weighted by atomic mass is 35.5. The van der Waals surface area contributed by atoms with Gasteiger partial charge in [0.1, 0.15) is 11.9 Å². The fourth-order valence-electron chi connectivity index (χ4n) is 1.36. The van der Waals surface area contributed by atoms with Crippen LogP contribution in [0.4, 0.5) is 0 Å². The number of aromatic carboxylic acids is 1. The molecule has 6 heteroatoms. The number of aromatic nitrogens is 2. The highest BCUT2D eigenvalue weighted by molar-refractivity contribution is 5.92. The van der Waals surface area contributed by atoms with E-state index in [1.807, 2.05) is 0 Å². The third-order valence-electron chi connectivity index (χ3n) is 2.14. The molecule has 1 heterocycles. The predicted molar refractivity (Wildman–Crippen MR) is 53.7 cm³/mol. The molecule has 0 aliphatic heterocycles. The van der Waals surface area contributed by atoms with Crippen molar-refractivity contribution in [3.63, 3.8) is 0 Å². The molecule has 0 amide bonds. The molecular weight excluding hydrogens is 232 g/mol. The summed E-state index contributed by atoms with van der Waals surface area (Å²) in [5.74, 6) is -0.544. The second-order valence-electron chi connectivity index (χ2n) is 3.34. The smallest absolute Gasteiger partial charge is 0.335 e. The Kier molecular flexibility index (Phi) is 3.51. The minimum absolute atomic E-state index is 0. The van der Waals surface area contributed by atoms with Gasteiger partial charge in [-0.25, -0.2) is 9.78 Å². The van der Waals surface area contributed by atoms with Crippen molar-refractivity contribution in [3.05, 3.63) is 29.6 Å². The number of carboxylic acids is 1. The van der Waals surface area contributed by atoms with Gasteiger partial charge in [-0.05, 0) is 25.1 Å². The van der Waals surface area contributed by atoms with E-state index in [4.69, 9.17) is 5.11 Å². The number of fused-ring (bicyclic) bond motifs is 1. The number of H-pyrrole nitrogens is 1. The molecule has 0 bridgehead atoms. The third kappa shape index (κ3) is 2.15. The van der Waals surface area contributed by atoms with Gasteiger partial charge in [-0.1, -0.05) is 0 Å². The number of hydrogen-bond donors (Lipinski definition) is 3. The predicted octanol–water partition coefficient (Wildman–Crippen LogP) is -1.68.